The molecule has 2 aliphatic heterocycles. The maximum Gasteiger partial charge on any atom is 0.209 e. The minimum absolute atomic E-state index is 0.199. The monoisotopic (exact) mass is 184 g/mol. The summed E-state index contributed by atoms with van der Waals surface area (Å²) in [7, 11) is 2.07. The molecule has 2 saturated heterocycles. The number of hydrogen-bond donors (Lipinski definition) is 1. The van der Waals surface area contributed by atoms with Gasteiger partial charge < -0.3 is 14.9 Å². The molecule has 4 heteroatoms. The summed E-state index contributed by atoms with van der Waals surface area (Å²) in [6, 6.07) is 0. The highest BCUT2D eigenvalue weighted by Gasteiger charge is 2.52. The molecular formula is C9H16N2O2. The van der Waals surface area contributed by atoms with E-state index in [9.17, 15) is 9.90 Å². The van der Waals surface area contributed by atoms with Crippen molar-refractivity contribution in [2.75, 3.05) is 39.8 Å². The summed E-state index contributed by atoms with van der Waals surface area (Å²) in [5.41, 5.74) is 0.199. The highest BCUT2D eigenvalue weighted by Crippen LogP contribution is 2.42. The molecule has 2 aliphatic rings. The number of aliphatic hydroxyl groups is 1. The third kappa shape index (κ3) is 1.25. The lowest BCUT2D eigenvalue weighted by atomic mass is 9.72. The smallest absolute Gasteiger partial charge is 0.209 e. The second-order valence-corrected chi connectivity index (χ2v) is 4.45. The van der Waals surface area contributed by atoms with Crippen LogP contribution >= 0.6 is 0 Å². The van der Waals surface area contributed by atoms with E-state index in [-0.39, 0.29) is 12.0 Å². The average Bonchev–Trinajstić information content (AvgIpc) is 2.39. The Morgan fingerprint density at radius 3 is 2.77 bits per heavy atom. The van der Waals surface area contributed by atoms with Gasteiger partial charge >= 0.3 is 0 Å². The number of carbonyl (C=O) groups excluding carboxylic acids is 1. The van der Waals surface area contributed by atoms with E-state index in [0.29, 0.717) is 5.92 Å². The lowest BCUT2D eigenvalue weighted by Crippen LogP contribution is -2.60. The fraction of sp³-hybridized carbons (Fsp3) is 0.889. The first kappa shape index (κ1) is 8.97. The van der Waals surface area contributed by atoms with E-state index in [1.807, 2.05) is 0 Å². The van der Waals surface area contributed by atoms with Crippen LogP contribution in [-0.4, -0.2) is 61.2 Å². The first-order valence-electron chi connectivity index (χ1n) is 4.69. The van der Waals surface area contributed by atoms with Crippen molar-refractivity contribution < 1.29 is 9.90 Å². The predicted molar refractivity (Wildman–Crippen MR) is 48.1 cm³/mol. The van der Waals surface area contributed by atoms with Crippen LogP contribution in [0.4, 0.5) is 0 Å². The van der Waals surface area contributed by atoms with Crippen LogP contribution in [0.1, 0.15) is 0 Å². The SMILES string of the molecule is CN1CC(CO)C2(C1)CN(C=O)C2. The maximum absolute atomic E-state index is 10.5. The molecule has 1 amide bonds. The molecule has 74 valence electrons. The van der Waals surface area contributed by atoms with E-state index in [1.165, 1.54) is 0 Å². The topological polar surface area (TPSA) is 43.8 Å². The first-order chi connectivity index (χ1) is 6.20. The van der Waals surface area contributed by atoms with Gasteiger partial charge in [-0.05, 0) is 7.05 Å². The van der Waals surface area contributed by atoms with Gasteiger partial charge in [0.25, 0.3) is 0 Å². The quantitative estimate of drug-likeness (QED) is 0.560. The Morgan fingerprint density at radius 1 is 1.54 bits per heavy atom. The molecule has 0 aromatic heterocycles. The van der Waals surface area contributed by atoms with Crippen molar-refractivity contribution >= 4 is 6.41 Å². The van der Waals surface area contributed by atoms with Gasteiger partial charge in [-0.15, -0.1) is 0 Å². The van der Waals surface area contributed by atoms with E-state index in [1.54, 1.807) is 4.90 Å². The Labute approximate surface area is 78.1 Å². The van der Waals surface area contributed by atoms with Crippen LogP contribution in [0.3, 0.4) is 0 Å². The lowest BCUT2D eigenvalue weighted by molar-refractivity contribution is -0.131. The summed E-state index contributed by atoms with van der Waals surface area (Å²) in [4.78, 5) is 14.5. The van der Waals surface area contributed by atoms with Gasteiger partial charge in [0.2, 0.25) is 6.41 Å². The minimum atomic E-state index is 0.199. The van der Waals surface area contributed by atoms with Crippen molar-refractivity contribution in [3.05, 3.63) is 0 Å². The number of carbonyl (C=O) groups is 1. The molecular weight excluding hydrogens is 168 g/mol. The summed E-state index contributed by atoms with van der Waals surface area (Å²) >= 11 is 0. The zero-order valence-electron chi connectivity index (χ0n) is 7.94. The van der Waals surface area contributed by atoms with Gasteiger partial charge in [-0.25, -0.2) is 0 Å². The van der Waals surface area contributed by atoms with E-state index >= 15 is 0 Å². The van der Waals surface area contributed by atoms with Gasteiger partial charge in [0.1, 0.15) is 0 Å². The van der Waals surface area contributed by atoms with Gasteiger partial charge in [-0.2, -0.15) is 0 Å². The fourth-order valence-electron chi connectivity index (χ4n) is 2.75. The number of aliphatic hydroxyl groups excluding tert-OH is 1. The zero-order chi connectivity index (χ0) is 9.47. The molecule has 1 atom stereocenters. The maximum atomic E-state index is 10.5. The summed E-state index contributed by atoms with van der Waals surface area (Å²) in [6.07, 6.45) is 0.901. The number of rotatable bonds is 2. The molecule has 0 saturated carbocycles. The lowest BCUT2D eigenvalue weighted by Gasteiger charge is -2.49. The van der Waals surface area contributed by atoms with Crippen LogP contribution < -0.4 is 0 Å². The molecule has 2 heterocycles. The summed E-state index contributed by atoms with van der Waals surface area (Å²) < 4.78 is 0. The molecule has 0 radical (unpaired) electrons. The second kappa shape index (κ2) is 2.96. The Morgan fingerprint density at radius 2 is 2.23 bits per heavy atom. The Balaban J connectivity index is 2.02. The van der Waals surface area contributed by atoms with Crippen LogP contribution in [-0.2, 0) is 4.79 Å². The molecule has 13 heavy (non-hydrogen) atoms. The molecule has 0 aromatic carbocycles. The number of hydrogen-bond acceptors (Lipinski definition) is 3. The molecule has 1 unspecified atom stereocenters. The van der Waals surface area contributed by atoms with E-state index in [0.717, 1.165) is 32.6 Å². The Kier molecular flexibility index (Phi) is 2.04. The van der Waals surface area contributed by atoms with Crippen molar-refractivity contribution in [2.45, 2.75) is 0 Å². The van der Waals surface area contributed by atoms with Gasteiger partial charge in [-0.3, -0.25) is 4.79 Å². The average molecular weight is 184 g/mol. The number of likely N-dealkylation sites (tertiary alicyclic amines) is 2. The van der Waals surface area contributed by atoms with E-state index < -0.39 is 0 Å². The van der Waals surface area contributed by atoms with Gasteiger partial charge in [-0.1, -0.05) is 0 Å². The zero-order valence-corrected chi connectivity index (χ0v) is 7.94. The Bertz CT molecular complexity index is 214. The van der Waals surface area contributed by atoms with Crippen molar-refractivity contribution in [1.29, 1.82) is 0 Å². The normalized spacial score (nSPS) is 32.2. The third-order valence-corrected chi connectivity index (χ3v) is 3.39. The van der Waals surface area contributed by atoms with Gasteiger partial charge in [0, 0.05) is 44.1 Å². The molecule has 0 aliphatic carbocycles. The highest BCUT2D eigenvalue weighted by atomic mass is 16.3. The number of amides is 1. The van der Waals surface area contributed by atoms with Gasteiger partial charge in [0.15, 0.2) is 0 Å². The first-order valence-corrected chi connectivity index (χ1v) is 4.69. The van der Waals surface area contributed by atoms with Crippen LogP contribution in [0.15, 0.2) is 0 Å². The van der Waals surface area contributed by atoms with Gasteiger partial charge in [0.05, 0.1) is 0 Å². The van der Waals surface area contributed by atoms with Crippen molar-refractivity contribution in [1.82, 2.24) is 9.80 Å². The molecule has 0 aromatic rings. The molecule has 4 nitrogen and oxygen atoms in total. The van der Waals surface area contributed by atoms with Crippen molar-refractivity contribution in [3.63, 3.8) is 0 Å². The summed E-state index contributed by atoms with van der Waals surface area (Å²) in [5.74, 6) is 0.355. The molecule has 0 bridgehead atoms. The van der Waals surface area contributed by atoms with Crippen LogP contribution in [0.5, 0.6) is 0 Å². The predicted octanol–water partition coefficient (Wildman–Crippen LogP) is -1.00. The molecule has 2 fully saturated rings. The van der Waals surface area contributed by atoms with E-state index in [4.69, 9.17) is 0 Å². The number of nitrogens with zero attached hydrogens (tertiary/aromatic N) is 2. The molecule has 1 N–H and O–H groups in total. The third-order valence-electron chi connectivity index (χ3n) is 3.39. The minimum Gasteiger partial charge on any atom is -0.396 e. The highest BCUT2D eigenvalue weighted by molar-refractivity contribution is 5.49. The second-order valence-electron chi connectivity index (χ2n) is 4.45. The van der Waals surface area contributed by atoms with Crippen LogP contribution in [0, 0.1) is 11.3 Å². The van der Waals surface area contributed by atoms with Crippen molar-refractivity contribution in [3.8, 4) is 0 Å². The summed E-state index contributed by atoms with van der Waals surface area (Å²) in [6.45, 7) is 3.88. The van der Waals surface area contributed by atoms with E-state index in [2.05, 4.69) is 11.9 Å². The Hall–Kier alpha value is -0.610. The van der Waals surface area contributed by atoms with Crippen LogP contribution in [0.25, 0.3) is 0 Å². The van der Waals surface area contributed by atoms with Crippen LogP contribution in [0.2, 0.25) is 0 Å². The standard InChI is InChI=1S/C9H16N2O2/c1-10-2-8(3-12)9(4-10)5-11(6-9)7-13/h7-8,12H,2-6H2,1H3. The summed E-state index contributed by atoms with van der Waals surface area (Å²) in [5, 5.41) is 9.21. The largest absolute Gasteiger partial charge is 0.396 e. The molecule has 2 rings (SSSR count). The van der Waals surface area contributed by atoms with Crippen molar-refractivity contribution in [2.24, 2.45) is 11.3 Å². The fourth-order valence-corrected chi connectivity index (χ4v) is 2.75. The molecule has 1 spiro atoms.